The molecule has 0 saturated heterocycles. The zero-order chi connectivity index (χ0) is 17.4. The Morgan fingerprint density at radius 3 is 2.68 bits per heavy atom. The van der Waals surface area contributed by atoms with Crippen LogP contribution in [-0.4, -0.2) is 19.7 Å². The summed E-state index contributed by atoms with van der Waals surface area (Å²) in [7, 11) is 0. The number of hydrogen-bond acceptors (Lipinski definition) is 3. The second kappa shape index (κ2) is 6.05. The quantitative estimate of drug-likeness (QED) is 0.565. The van der Waals surface area contributed by atoms with Gasteiger partial charge in [-0.1, -0.05) is 12.1 Å². The molecule has 4 aromatic rings. The summed E-state index contributed by atoms with van der Waals surface area (Å²) in [6.07, 6.45) is 4.97. The van der Waals surface area contributed by atoms with E-state index in [1.54, 1.807) is 42.3 Å². The van der Waals surface area contributed by atoms with Crippen LogP contribution in [-0.2, 0) is 6.54 Å². The zero-order valence-electron chi connectivity index (χ0n) is 13.4. The molecule has 0 spiro atoms. The lowest BCUT2D eigenvalue weighted by molar-refractivity contribution is 0.547. The maximum Gasteiger partial charge on any atom is 0.258 e. The van der Waals surface area contributed by atoms with Crippen LogP contribution in [0.25, 0.3) is 22.2 Å². The van der Waals surface area contributed by atoms with Gasteiger partial charge in [0.15, 0.2) is 0 Å². The van der Waals surface area contributed by atoms with Crippen molar-refractivity contribution >= 4 is 11.0 Å². The highest BCUT2D eigenvalue weighted by Gasteiger charge is 2.14. The van der Waals surface area contributed by atoms with Crippen LogP contribution in [0.1, 0.15) is 11.1 Å². The van der Waals surface area contributed by atoms with Crippen LogP contribution in [0.2, 0.25) is 0 Å². The molecule has 0 saturated carbocycles. The maximum absolute atomic E-state index is 14.1. The van der Waals surface area contributed by atoms with Crippen molar-refractivity contribution in [2.24, 2.45) is 0 Å². The highest BCUT2D eigenvalue weighted by molar-refractivity contribution is 5.81. The second-order valence-corrected chi connectivity index (χ2v) is 5.87. The van der Waals surface area contributed by atoms with Gasteiger partial charge in [-0.05, 0) is 47.9 Å². The van der Waals surface area contributed by atoms with E-state index in [9.17, 15) is 8.78 Å². The fourth-order valence-corrected chi connectivity index (χ4v) is 2.78. The summed E-state index contributed by atoms with van der Waals surface area (Å²) in [6.45, 7) is 2.10. The lowest BCUT2D eigenvalue weighted by Gasteiger charge is -2.06. The first-order valence-corrected chi connectivity index (χ1v) is 7.79. The minimum atomic E-state index is -0.610. The number of pyridine rings is 2. The first kappa shape index (κ1) is 15.4. The molecule has 0 N–H and O–H groups in total. The molecule has 6 heteroatoms. The average molecular weight is 336 g/mol. The molecule has 0 unspecified atom stereocenters. The van der Waals surface area contributed by atoms with Crippen LogP contribution in [0.4, 0.5) is 8.78 Å². The fraction of sp³-hybridized carbons (Fsp3) is 0.105. The summed E-state index contributed by atoms with van der Waals surface area (Å²) in [4.78, 5) is 8.27. The summed E-state index contributed by atoms with van der Waals surface area (Å²) in [6, 6.07) is 10.4. The summed E-state index contributed by atoms with van der Waals surface area (Å²) < 4.78 is 29.2. The van der Waals surface area contributed by atoms with Crippen molar-refractivity contribution < 1.29 is 8.78 Å². The Kier molecular flexibility index (Phi) is 3.72. The van der Waals surface area contributed by atoms with Crippen LogP contribution in [0.5, 0.6) is 0 Å². The lowest BCUT2D eigenvalue weighted by Crippen LogP contribution is -2.02. The first-order valence-electron chi connectivity index (χ1n) is 7.79. The summed E-state index contributed by atoms with van der Waals surface area (Å²) in [5.41, 5.74) is 3.86. The van der Waals surface area contributed by atoms with Crippen molar-refractivity contribution in [3.05, 3.63) is 77.9 Å². The second-order valence-electron chi connectivity index (χ2n) is 5.87. The van der Waals surface area contributed by atoms with E-state index in [2.05, 4.69) is 15.1 Å². The van der Waals surface area contributed by atoms with E-state index >= 15 is 0 Å². The molecule has 0 atom stereocenters. The fourth-order valence-electron chi connectivity index (χ4n) is 2.78. The lowest BCUT2D eigenvalue weighted by atomic mass is 10.0. The largest absolute Gasteiger partial charge is 0.264 e. The third kappa shape index (κ3) is 2.87. The highest BCUT2D eigenvalue weighted by atomic mass is 19.1. The third-order valence-electron chi connectivity index (χ3n) is 4.10. The van der Waals surface area contributed by atoms with Gasteiger partial charge in [0.25, 0.3) is 5.95 Å². The third-order valence-corrected chi connectivity index (χ3v) is 4.10. The van der Waals surface area contributed by atoms with Crippen molar-refractivity contribution in [3.8, 4) is 11.1 Å². The van der Waals surface area contributed by atoms with E-state index < -0.39 is 5.95 Å². The van der Waals surface area contributed by atoms with Crippen molar-refractivity contribution in [1.29, 1.82) is 0 Å². The normalized spacial score (nSPS) is 11.2. The molecular formula is C19H14F2N4. The Balaban J connectivity index is 1.81. The molecule has 0 bridgehead atoms. The van der Waals surface area contributed by atoms with Crippen molar-refractivity contribution in [3.63, 3.8) is 0 Å². The van der Waals surface area contributed by atoms with Gasteiger partial charge in [0.1, 0.15) is 11.3 Å². The molecule has 0 aliphatic heterocycles. The van der Waals surface area contributed by atoms with Crippen molar-refractivity contribution in [2.75, 3.05) is 0 Å². The Morgan fingerprint density at radius 1 is 1.04 bits per heavy atom. The SMILES string of the molecule is Cc1cc(-c2cnc3c(F)nn(Cc4cccnc4)c3c2)ccc1F. The van der Waals surface area contributed by atoms with Crippen LogP contribution in [0.15, 0.2) is 55.0 Å². The maximum atomic E-state index is 14.1. The summed E-state index contributed by atoms with van der Waals surface area (Å²) in [5.74, 6) is -0.869. The van der Waals surface area contributed by atoms with Gasteiger partial charge in [0, 0.05) is 24.2 Å². The number of fused-ring (bicyclic) bond motifs is 1. The number of benzene rings is 1. The van der Waals surface area contributed by atoms with E-state index in [4.69, 9.17) is 0 Å². The van der Waals surface area contributed by atoms with E-state index in [0.29, 0.717) is 17.6 Å². The molecule has 0 aliphatic carbocycles. The van der Waals surface area contributed by atoms with Gasteiger partial charge >= 0.3 is 0 Å². The van der Waals surface area contributed by atoms with Gasteiger partial charge in [-0.3, -0.25) is 9.67 Å². The topological polar surface area (TPSA) is 43.6 Å². The van der Waals surface area contributed by atoms with Gasteiger partial charge in [-0.2, -0.15) is 4.39 Å². The van der Waals surface area contributed by atoms with Crippen LogP contribution in [0.3, 0.4) is 0 Å². The molecule has 3 heterocycles. The average Bonchev–Trinajstić information content (AvgIpc) is 2.93. The predicted molar refractivity (Wildman–Crippen MR) is 91.0 cm³/mol. The zero-order valence-corrected chi connectivity index (χ0v) is 13.4. The molecule has 4 nitrogen and oxygen atoms in total. The Labute approximate surface area is 142 Å². The molecule has 0 fully saturated rings. The van der Waals surface area contributed by atoms with Crippen molar-refractivity contribution in [2.45, 2.75) is 13.5 Å². The Morgan fingerprint density at radius 2 is 1.92 bits per heavy atom. The number of rotatable bonds is 3. The molecule has 0 radical (unpaired) electrons. The summed E-state index contributed by atoms with van der Waals surface area (Å²) >= 11 is 0. The van der Waals surface area contributed by atoms with Crippen LogP contribution >= 0.6 is 0 Å². The van der Waals surface area contributed by atoms with Gasteiger partial charge in [-0.25, -0.2) is 9.37 Å². The predicted octanol–water partition coefficient (Wildman–Crippen LogP) is 4.13. The Hall–Kier alpha value is -3.15. The van der Waals surface area contributed by atoms with E-state index in [1.807, 2.05) is 18.2 Å². The standard InChI is InChI=1S/C19H14F2N4/c1-12-7-14(4-5-16(12)20)15-8-17-18(23-10-15)19(21)24-25(17)11-13-3-2-6-22-9-13/h2-10H,11H2,1H3. The van der Waals surface area contributed by atoms with E-state index in [0.717, 1.165) is 16.7 Å². The monoisotopic (exact) mass is 336 g/mol. The smallest absolute Gasteiger partial charge is 0.258 e. The van der Waals surface area contributed by atoms with Crippen LogP contribution in [0, 0.1) is 18.7 Å². The molecule has 25 heavy (non-hydrogen) atoms. The van der Waals surface area contributed by atoms with Gasteiger partial charge in [0.05, 0.1) is 12.1 Å². The Bertz CT molecular complexity index is 1060. The highest BCUT2D eigenvalue weighted by Crippen LogP contribution is 2.26. The molecule has 0 amide bonds. The number of hydrogen-bond donors (Lipinski definition) is 0. The van der Waals surface area contributed by atoms with Crippen LogP contribution < -0.4 is 0 Å². The number of aryl methyl sites for hydroxylation is 1. The number of nitrogens with zero attached hydrogens (tertiary/aromatic N) is 4. The number of aromatic nitrogens is 4. The van der Waals surface area contributed by atoms with E-state index in [-0.39, 0.29) is 11.3 Å². The van der Waals surface area contributed by atoms with Crippen molar-refractivity contribution in [1.82, 2.24) is 19.7 Å². The summed E-state index contributed by atoms with van der Waals surface area (Å²) in [5, 5.41) is 3.95. The van der Waals surface area contributed by atoms with Gasteiger partial charge < -0.3 is 0 Å². The van der Waals surface area contributed by atoms with Gasteiger partial charge in [0.2, 0.25) is 0 Å². The number of halogens is 2. The molecule has 1 aromatic carbocycles. The minimum Gasteiger partial charge on any atom is -0.264 e. The minimum absolute atomic E-state index is 0.214. The molecule has 4 rings (SSSR count). The molecule has 0 aliphatic rings. The van der Waals surface area contributed by atoms with Gasteiger partial charge in [-0.15, -0.1) is 5.10 Å². The first-order chi connectivity index (χ1) is 12.1. The molecule has 124 valence electrons. The molecular weight excluding hydrogens is 322 g/mol. The molecule has 3 aromatic heterocycles. The van der Waals surface area contributed by atoms with E-state index in [1.165, 1.54) is 6.07 Å².